The van der Waals surface area contributed by atoms with Gasteiger partial charge in [-0.2, -0.15) is 0 Å². The summed E-state index contributed by atoms with van der Waals surface area (Å²) in [5.74, 6) is 0.824. The lowest BCUT2D eigenvalue weighted by Crippen LogP contribution is -2.53. The molecule has 0 aromatic heterocycles. The van der Waals surface area contributed by atoms with Crippen LogP contribution in [0.3, 0.4) is 0 Å². The van der Waals surface area contributed by atoms with E-state index in [0.29, 0.717) is 19.7 Å². The van der Waals surface area contributed by atoms with Gasteiger partial charge >= 0.3 is 0 Å². The van der Waals surface area contributed by atoms with Crippen molar-refractivity contribution in [2.45, 2.75) is 26.0 Å². The van der Waals surface area contributed by atoms with Gasteiger partial charge in [0.25, 0.3) is 5.24 Å². The molecule has 96 valence electrons. The van der Waals surface area contributed by atoms with E-state index in [0.717, 1.165) is 5.75 Å². The zero-order valence-corrected chi connectivity index (χ0v) is 11.0. The minimum absolute atomic E-state index is 0.0207. The number of hydrogen-bond donors (Lipinski definition) is 0. The van der Waals surface area contributed by atoms with Gasteiger partial charge in [0.1, 0.15) is 6.54 Å². The van der Waals surface area contributed by atoms with E-state index in [1.165, 1.54) is 11.8 Å². The molecule has 2 heterocycles. The Kier molecular flexibility index (Phi) is 3.93. The van der Waals surface area contributed by atoms with E-state index in [4.69, 9.17) is 4.74 Å². The predicted molar refractivity (Wildman–Crippen MR) is 66.0 cm³/mol. The monoisotopic (exact) mass is 258 g/mol. The molecule has 2 aliphatic rings. The van der Waals surface area contributed by atoms with Crippen molar-refractivity contribution >= 4 is 22.9 Å². The van der Waals surface area contributed by atoms with E-state index in [-0.39, 0.29) is 29.8 Å². The van der Waals surface area contributed by atoms with Crippen LogP contribution in [0.1, 0.15) is 13.8 Å². The lowest BCUT2D eigenvalue weighted by Gasteiger charge is -2.37. The summed E-state index contributed by atoms with van der Waals surface area (Å²) < 4.78 is 5.48. The number of nitrogens with zero attached hydrogens (tertiary/aromatic N) is 2. The van der Waals surface area contributed by atoms with Crippen molar-refractivity contribution in [1.82, 2.24) is 9.80 Å². The fraction of sp³-hybridized carbons (Fsp3) is 0.818. The average molecular weight is 258 g/mol. The molecule has 0 aliphatic carbocycles. The number of carbonyl (C=O) groups is 2. The van der Waals surface area contributed by atoms with Crippen LogP contribution in [0.5, 0.6) is 0 Å². The standard InChI is InChI=1S/C11H18N2O3S/c1-8-7-16-9(2)5-13(8)10(14)6-12-3-4-17-11(12)15/h8-9H,3-7H2,1-2H3/t8-,9-/m1/s1. The van der Waals surface area contributed by atoms with Crippen molar-refractivity contribution in [2.24, 2.45) is 0 Å². The van der Waals surface area contributed by atoms with E-state index >= 15 is 0 Å². The lowest BCUT2D eigenvalue weighted by molar-refractivity contribution is -0.143. The molecule has 0 bridgehead atoms. The Bertz CT molecular complexity index is 324. The molecule has 0 aromatic carbocycles. The van der Waals surface area contributed by atoms with Crippen LogP contribution in [0.2, 0.25) is 0 Å². The number of carbonyl (C=O) groups excluding carboxylic acids is 2. The van der Waals surface area contributed by atoms with Crippen LogP contribution in [0, 0.1) is 0 Å². The molecule has 0 saturated carbocycles. The first-order chi connectivity index (χ1) is 8.08. The average Bonchev–Trinajstić information content (AvgIpc) is 2.68. The first-order valence-corrected chi connectivity index (χ1v) is 6.89. The third-order valence-electron chi connectivity index (χ3n) is 3.10. The minimum Gasteiger partial charge on any atom is -0.375 e. The number of morpholine rings is 1. The third kappa shape index (κ3) is 2.93. The predicted octanol–water partition coefficient (Wildman–Crippen LogP) is 0.791. The highest BCUT2D eigenvalue weighted by Crippen LogP contribution is 2.18. The maximum Gasteiger partial charge on any atom is 0.282 e. The third-order valence-corrected chi connectivity index (χ3v) is 3.99. The molecule has 0 aromatic rings. The minimum atomic E-state index is 0.0207. The second-order valence-electron chi connectivity index (χ2n) is 4.57. The molecule has 5 nitrogen and oxygen atoms in total. The molecule has 17 heavy (non-hydrogen) atoms. The van der Waals surface area contributed by atoms with Crippen LogP contribution in [0.25, 0.3) is 0 Å². The van der Waals surface area contributed by atoms with Crippen LogP contribution in [0.4, 0.5) is 4.79 Å². The molecule has 2 saturated heterocycles. The zero-order chi connectivity index (χ0) is 12.4. The molecule has 0 spiro atoms. The molecule has 2 fully saturated rings. The van der Waals surface area contributed by atoms with Gasteiger partial charge in [-0.3, -0.25) is 9.59 Å². The molecule has 2 atom stereocenters. The molecular weight excluding hydrogens is 240 g/mol. The molecule has 2 amide bonds. The Morgan fingerprint density at radius 1 is 1.53 bits per heavy atom. The summed E-state index contributed by atoms with van der Waals surface area (Å²) in [6.45, 7) is 6.03. The molecule has 0 N–H and O–H groups in total. The fourth-order valence-electron chi connectivity index (χ4n) is 2.07. The van der Waals surface area contributed by atoms with E-state index < -0.39 is 0 Å². The van der Waals surface area contributed by atoms with E-state index in [1.807, 2.05) is 18.7 Å². The fourth-order valence-corrected chi connectivity index (χ4v) is 2.90. The topological polar surface area (TPSA) is 49.9 Å². The molecular formula is C11H18N2O3S. The summed E-state index contributed by atoms with van der Waals surface area (Å²) in [7, 11) is 0. The highest BCUT2D eigenvalue weighted by Gasteiger charge is 2.30. The Morgan fingerprint density at radius 3 is 2.94 bits per heavy atom. The highest BCUT2D eigenvalue weighted by atomic mass is 32.2. The second-order valence-corrected chi connectivity index (χ2v) is 5.62. The maximum atomic E-state index is 12.1. The number of thioether (sulfide) groups is 1. The highest BCUT2D eigenvalue weighted by molar-refractivity contribution is 8.13. The first kappa shape index (κ1) is 12.7. The summed E-state index contributed by atoms with van der Waals surface area (Å²) >= 11 is 1.29. The first-order valence-electron chi connectivity index (χ1n) is 5.90. The molecule has 0 unspecified atom stereocenters. The molecule has 0 radical (unpaired) electrons. The van der Waals surface area contributed by atoms with Crippen LogP contribution in [0.15, 0.2) is 0 Å². The van der Waals surface area contributed by atoms with Crippen LogP contribution >= 0.6 is 11.8 Å². The van der Waals surface area contributed by atoms with Crippen molar-refractivity contribution in [2.75, 3.05) is 32.0 Å². The molecule has 2 aliphatic heterocycles. The van der Waals surface area contributed by atoms with E-state index in [2.05, 4.69) is 0 Å². The summed E-state index contributed by atoms with van der Waals surface area (Å²) in [5.41, 5.74) is 0. The largest absolute Gasteiger partial charge is 0.375 e. The smallest absolute Gasteiger partial charge is 0.282 e. The van der Waals surface area contributed by atoms with Crippen molar-refractivity contribution < 1.29 is 14.3 Å². The number of rotatable bonds is 2. The van der Waals surface area contributed by atoms with Gasteiger partial charge in [0.05, 0.1) is 18.8 Å². The zero-order valence-electron chi connectivity index (χ0n) is 10.2. The summed E-state index contributed by atoms with van der Waals surface area (Å²) in [4.78, 5) is 27.0. The van der Waals surface area contributed by atoms with Gasteiger partial charge in [-0.05, 0) is 13.8 Å². The van der Waals surface area contributed by atoms with Gasteiger partial charge in [-0.15, -0.1) is 0 Å². The van der Waals surface area contributed by atoms with Gasteiger partial charge in [-0.1, -0.05) is 11.8 Å². The Labute approximate surface area is 105 Å². The number of amides is 2. The summed E-state index contributed by atoms with van der Waals surface area (Å²) in [6.07, 6.45) is 0.0822. The van der Waals surface area contributed by atoms with E-state index in [9.17, 15) is 9.59 Å². The van der Waals surface area contributed by atoms with Gasteiger partial charge in [0, 0.05) is 18.8 Å². The normalized spacial score (nSPS) is 29.9. The Hall–Kier alpha value is -0.750. The van der Waals surface area contributed by atoms with Gasteiger partial charge in [-0.25, -0.2) is 0 Å². The number of ether oxygens (including phenoxy) is 1. The summed E-state index contributed by atoms with van der Waals surface area (Å²) in [5, 5.41) is 0.0207. The van der Waals surface area contributed by atoms with Gasteiger partial charge < -0.3 is 14.5 Å². The SMILES string of the molecule is C[C@@H]1CN(C(=O)CN2CCSC2=O)[C@H](C)CO1. The van der Waals surface area contributed by atoms with Gasteiger partial charge in [0.15, 0.2) is 0 Å². The van der Waals surface area contributed by atoms with Gasteiger partial charge in [0.2, 0.25) is 5.91 Å². The van der Waals surface area contributed by atoms with Crippen molar-refractivity contribution in [3.8, 4) is 0 Å². The Balaban J connectivity index is 1.92. The van der Waals surface area contributed by atoms with E-state index in [1.54, 1.807) is 4.90 Å². The van der Waals surface area contributed by atoms with Crippen LogP contribution < -0.4 is 0 Å². The molecule has 6 heteroatoms. The van der Waals surface area contributed by atoms with Crippen molar-refractivity contribution in [3.05, 3.63) is 0 Å². The summed E-state index contributed by atoms with van der Waals surface area (Å²) in [6, 6.07) is 0.101. The number of hydrogen-bond acceptors (Lipinski definition) is 4. The van der Waals surface area contributed by atoms with Crippen molar-refractivity contribution in [1.29, 1.82) is 0 Å². The van der Waals surface area contributed by atoms with Crippen LogP contribution in [-0.2, 0) is 9.53 Å². The second kappa shape index (κ2) is 5.27. The quantitative estimate of drug-likeness (QED) is 0.735. The maximum absolute atomic E-state index is 12.1. The lowest BCUT2D eigenvalue weighted by atomic mass is 10.2. The Morgan fingerprint density at radius 2 is 2.29 bits per heavy atom. The van der Waals surface area contributed by atoms with Crippen molar-refractivity contribution in [3.63, 3.8) is 0 Å². The van der Waals surface area contributed by atoms with Crippen LogP contribution in [-0.4, -0.2) is 65.1 Å². The molecule has 2 rings (SSSR count).